The molecule has 0 fully saturated rings. The lowest BCUT2D eigenvalue weighted by atomic mass is 9.94. The SMILES string of the molecule is CC1(C)Cc2c(sc3nc(SCC(=O)c4ccc(Cl)cc4)n(-c4ccc(Cl)cc4)c(=O)c23)CO1. The van der Waals surface area contributed by atoms with Crippen LogP contribution in [0.3, 0.4) is 0 Å². The molecule has 0 N–H and O–H groups in total. The Morgan fingerprint density at radius 2 is 1.76 bits per heavy atom. The first-order valence-corrected chi connectivity index (χ1v) is 13.2. The van der Waals surface area contributed by atoms with Gasteiger partial charge in [0, 0.05) is 26.9 Å². The van der Waals surface area contributed by atoms with Crippen molar-refractivity contribution < 1.29 is 9.53 Å². The summed E-state index contributed by atoms with van der Waals surface area (Å²) < 4.78 is 7.53. The molecule has 0 unspecified atom stereocenters. The lowest BCUT2D eigenvalue weighted by Crippen LogP contribution is -2.32. The number of hydrogen-bond acceptors (Lipinski definition) is 6. The predicted octanol–water partition coefficient (Wildman–Crippen LogP) is 6.58. The van der Waals surface area contributed by atoms with E-state index in [4.69, 9.17) is 32.9 Å². The molecule has 0 spiro atoms. The highest BCUT2D eigenvalue weighted by Gasteiger charge is 2.31. The molecule has 174 valence electrons. The quantitative estimate of drug-likeness (QED) is 0.165. The summed E-state index contributed by atoms with van der Waals surface area (Å²) in [6, 6.07) is 13.8. The lowest BCUT2D eigenvalue weighted by molar-refractivity contribution is -0.0379. The minimum absolute atomic E-state index is 0.0701. The van der Waals surface area contributed by atoms with Crippen LogP contribution < -0.4 is 5.56 Å². The van der Waals surface area contributed by atoms with Crippen LogP contribution in [-0.4, -0.2) is 26.7 Å². The number of fused-ring (bicyclic) bond motifs is 3. The Morgan fingerprint density at radius 1 is 1.12 bits per heavy atom. The van der Waals surface area contributed by atoms with Crippen molar-refractivity contribution >= 4 is 62.3 Å². The molecule has 4 aromatic rings. The average molecular weight is 531 g/mol. The highest BCUT2D eigenvalue weighted by Crippen LogP contribution is 2.38. The molecular formula is C25H20Cl2N2O3S2. The molecular weight excluding hydrogens is 511 g/mol. The summed E-state index contributed by atoms with van der Waals surface area (Å²) in [5, 5.41) is 2.23. The van der Waals surface area contributed by atoms with Gasteiger partial charge in [0.15, 0.2) is 10.9 Å². The molecule has 9 heteroatoms. The van der Waals surface area contributed by atoms with Gasteiger partial charge in [-0.3, -0.25) is 14.2 Å². The van der Waals surface area contributed by atoms with Crippen LogP contribution in [0.25, 0.3) is 15.9 Å². The summed E-state index contributed by atoms with van der Waals surface area (Å²) in [5.41, 5.74) is 1.71. The van der Waals surface area contributed by atoms with E-state index in [9.17, 15) is 9.59 Å². The largest absolute Gasteiger partial charge is 0.370 e. The minimum atomic E-state index is -0.350. The number of ether oxygens (including phenoxy) is 1. The zero-order chi connectivity index (χ0) is 24.0. The Hall–Kier alpha value is -2.16. The van der Waals surface area contributed by atoms with Crippen molar-refractivity contribution in [3.8, 4) is 5.69 Å². The summed E-state index contributed by atoms with van der Waals surface area (Å²) in [5.74, 6) is 0.0632. The third-order valence-corrected chi connectivity index (χ3v) is 8.20. The number of thioether (sulfide) groups is 1. The Kier molecular flexibility index (Phi) is 6.33. The Balaban J connectivity index is 1.60. The zero-order valence-electron chi connectivity index (χ0n) is 18.4. The van der Waals surface area contributed by atoms with Crippen molar-refractivity contribution in [1.82, 2.24) is 9.55 Å². The molecule has 5 rings (SSSR count). The molecule has 5 nitrogen and oxygen atoms in total. The minimum Gasteiger partial charge on any atom is -0.370 e. The van der Waals surface area contributed by atoms with E-state index in [-0.39, 0.29) is 22.7 Å². The van der Waals surface area contributed by atoms with Crippen molar-refractivity contribution in [1.29, 1.82) is 0 Å². The van der Waals surface area contributed by atoms with E-state index in [2.05, 4.69) is 0 Å². The van der Waals surface area contributed by atoms with Gasteiger partial charge in [-0.1, -0.05) is 35.0 Å². The van der Waals surface area contributed by atoms with Gasteiger partial charge in [0.2, 0.25) is 0 Å². The maximum absolute atomic E-state index is 13.9. The molecule has 2 aromatic heterocycles. The molecule has 34 heavy (non-hydrogen) atoms. The molecule has 0 amide bonds. The lowest BCUT2D eigenvalue weighted by Gasteiger charge is -2.29. The molecule has 1 aliphatic heterocycles. The Bertz CT molecular complexity index is 1460. The third kappa shape index (κ3) is 4.55. The topological polar surface area (TPSA) is 61.2 Å². The fourth-order valence-corrected chi connectivity index (χ4v) is 6.24. The van der Waals surface area contributed by atoms with E-state index < -0.39 is 0 Å². The van der Waals surface area contributed by atoms with Gasteiger partial charge in [-0.05, 0) is 67.9 Å². The second-order valence-electron chi connectivity index (χ2n) is 8.64. The number of rotatable bonds is 5. The van der Waals surface area contributed by atoms with Crippen LogP contribution in [0, 0.1) is 0 Å². The second kappa shape index (κ2) is 9.13. The first-order valence-electron chi connectivity index (χ1n) is 10.6. The van der Waals surface area contributed by atoms with Crippen molar-refractivity contribution in [2.75, 3.05) is 5.75 Å². The highest BCUT2D eigenvalue weighted by molar-refractivity contribution is 7.99. The number of benzene rings is 2. The van der Waals surface area contributed by atoms with E-state index in [1.165, 1.54) is 23.1 Å². The highest BCUT2D eigenvalue weighted by atomic mass is 35.5. The van der Waals surface area contributed by atoms with Gasteiger partial charge in [0.25, 0.3) is 5.56 Å². The van der Waals surface area contributed by atoms with Gasteiger partial charge in [-0.15, -0.1) is 11.3 Å². The first-order chi connectivity index (χ1) is 16.2. The third-order valence-electron chi connectivity index (χ3n) is 5.66. The number of hydrogen-bond donors (Lipinski definition) is 0. The van der Waals surface area contributed by atoms with Crippen LogP contribution in [0.15, 0.2) is 58.5 Å². The fraction of sp³-hybridized carbons (Fsp3) is 0.240. The van der Waals surface area contributed by atoms with Crippen LogP contribution in [0.1, 0.15) is 34.6 Å². The number of halogens is 2. The van der Waals surface area contributed by atoms with Gasteiger partial charge >= 0.3 is 0 Å². The van der Waals surface area contributed by atoms with E-state index in [0.717, 1.165) is 10.4 Å². The maximum atomic E-state index is 13.9. The van der Waals surface area contributed by atoms with E-state index in [1.807, 2.05) is 13.8 Å². The Labute approximate surface area is 214 Å². The van der Waals surface area contributed by atoms with Gasteiger partial charge in [0.1, 0.15) is 4.83 Å². The average Bonchev–Trinajstić information content (AvgIpc) is 3.15. The molecule has 0 bridgehead atoms. The van der Waals surface area contributed by atoms with E-state index in [1.54, 1.807) is 53.1 Å². The monoisotopic (exact) mass is 530 g/mol. The van der Waals surface area contributed by atoms with Crippen LogP contribution in [0.5, 0.6) is 0 Å². The standard InChI is InChI=1S/C25H20Cl2N2O3S2/c1-25(2)11-18-20(12-32-25)34-22-21(18)23(31)29(17-9-7-16(27)8-10-17)24(28-22)33-13-19(30)14-3-5-15(26)6-4-14/h3-10H,11-13H2,1-2H3. The van der Waals surface area contributed by atoms with Gasteiger partial charge in [-0.25, -0.2) is 4.98 Å². The predicted molar refractivity (Wildman–Crippen MR) is 139 cm³/mol. The van der Waals surface area contributed by atoms with Crippen molar-refractivity contribution in [2.45, 2.75) is 37.6 Å². The molecule has 3 heterocycles. The van der Waals surface area contributed by atoms with Crippen molar-refractivity contribution in [2.24, 2.45) is 0 Å². The number of carbonyl (C=O) groups is 1. The molecule has 0 saturated carbocycles. The molecule has 0 radical (unpaired) electrons. The van der Waals surface area contributed by atoms with Gasteiger partial charge < -0.3 is 4.74 Å². The van der Waals surface area contributed by atoms with Crippen molar-refractivity contribution in [3.05, 3.63) is 84.9 Å². The van der Waals surface area contributed by atoms with E-state index in [0.29, 0.717) is 49.7 Å². The summed E-state index contributed by atoms with van der Waals surface area (Å²) >= 11 is 14.8. The number of ketones is 1. The summed E-state index contributed by atoms with van der Waals surface area (Å²) in [6.45, 7) is 4.51. The van der Waals surface area contributed by atoms with Crippen molar-refractivity contribution in [3.63, 3.8) is 0 Å². The summed E-state index contributed by atoms with van der Waals surface area (Å²) in [4.78, 5) is 33.2. The second-order valence-corrected chi connectivity index (χ2v) is 11.5. The Morgan fingerprint density at radius 3 is 2.44 bits per heavy atom. The fourth-order valence-electron chi connectivity index (χ4n) is 3.94. The van der Waals surface area contributed by atoms with Gasteiger partial charge in [-0.2, -0.15) is 0 Å². The first kappa shape index (κ1) is 23.6. The molecule has 1 aliphatic rings. The van der Waals surface area contributed by atoms with Crippen LogP contribution in [0.4, 0.5) is 0 Å². The maximum Gasteiger partial charge on any atom is 0.267 e. The van der Waals surface area contributed by atoms with Crippen LogP contribution in [0.2, 0.25) is 10.0 Å². The molecule has 0 aliphatic carbocycles. The number of thiophene rings is 1. The number of nitrogens with zero attached hydrogens (tertiary/aromatic N) is 2. The number of carbonyl (C=O) groups excluding carboxylic acids is 1. The molecule has 0 atom stereocenters. The smallest absolute Gasteiger partial charge is 0.267 e. The van der Waals surface area contributed by atoms with Gasteiger partial charge in [0.05, 0.1) is 29.0 Å². The van der Waals surface area contributed by atoms with Crippen LogP contribution in [-0.2, 0) is 17.8 Å². The summed E-state index contributed by atoms with van der Waals surface area (Å²) in [6.07, 6.45) is 0.640. The number of aromatic nitrogens is 2. The normalized spacial score (nSPS) is 14.8. The van der Waals surface area contributed by atoms with Crippen LogP contribution >= 0.6 is 46.3 Å². The number of Topliss-reactive ketones (excluding diaryl/α,β-unsaturated/α-hetero) is 1. The zero-order valence-corrected chi connectivity index (χ0v) is 21.6. The molecule has 0 saturated heterocycles. The van der Waals surface area contributed by atoms with E-state index >= 15 is 0 Å². The summed E-state index contributed by atoms with van der Waals surface area (Å²) in [7, 11) is 0. The molecule has 2 aromatic carbocycles.